The summed E-state index contributed by atoms with van der Waals surface area (Å²) in [5.74, 6) is 0.0221. The lowest BCUT2D eigenvalue weighted by Crippen LogP contribution is -2.28. The van der Waals surface area contributed by atoms with E-state index in [4.69, 9.17) is 5.11 Å². The molecule has 0 atom stereocenters. The van der Waals surface area contributed by atoms with Gasteiger partial charge in [-0.15, -0.1) is 0 Å². The maximum Gasteiger partial charge on any atom is 0.123 e. The monoisotopic (exact) mass is 289 g/mol. The van der Waals surface area contributed by atoms with Crippen molar-refractivity contribution in [3.05, 3.63) is 65.5 Å². The molecule has 2 aromatic carbocycles. The Balaban J connectivity index is 1.92. The summed E-state index contributed by atoms with van der Waals surface area (Å²) >= 11 is 0. The first kappa shape index (κ1) is 15.5. The summed E-state index contributed by atoms with van der Waals surface area (Å²) in [4.78, 5) is 2.13. The molecule has 0 saturated heterocycles. The molecule has 0 aliphatic heterocycles. The van der Waals surface area contributed by atoms with Crippen molar-refractivity contribution < 1.29 is 14.6 Å². The minimum absolute atomic E-state index is 0.0940. The second-order valence-electron chi connectivity index (χ2n) is 5.04. The van der Waals surface area contributed by atoms with Crippen molar-refractivity contribution in [3.63, 3.8) is 0 Å². The van der Waals surface area contributed by atoms with Gasteiger partial charge in [0.05, 0.1) is 6.61 Å². The fraction of sp³-hybridized carbons (Fsp3) is 0.294. The Hall–Kier alpha value is -1.91. The summed E-state index contributed by atoms with van der Waals surface area (Å²) < 4.78 is 12.9. The van der Waals surface area contributed by atoms with Crippen molar-refractivity contribution >= 4 is 0 Å². The quantitative estimate of drug-likeness (QED) is 0.823. The first-order valence-corrected chi connectivity index (χ1v) is 7.03. The van der Waals surface area contributed by atoms with Crippen LogP contribution in [0, 0.1) is 5.82 Å². The molecule has 0 radical (unpaired) electrons. The molecule has 2 rings (SSSR count). The second kappa shape index (κ2) is 7.76. The van der Waals surface area contributed by atoms with Crippen LogP contribution in [-0.2, 0) is 13.0 Å². The summed E-state index contributed by atoms with van der Waals surface area (Å²) in [7, 11) is 0. The molecule has 0 unspecified atom stereocenters. The van der Waals surface area contributed by atoms with E-state index >= 15 is 0 Å². The Morgan fingerprint density at radius 2 is 1.48 bits per heavy atom. The molecule has 4 heteroatoms. The highest BCUT2D eigenvalue weighted by atomic mass is 19.1. The van der Waals surface area contributed by atoms with Gasteiger partial charge in [0.1, 0.15) is 11.6 Å². The summed E-state index contributed by atoms with van der Waals surface area (Å²) in [5, 5.41) is 18.4. The molecular weight excluding hydrogens is 269 g/mol. The van der Waals surface area contributed by atoms with E-state index in [0.717, 1.165) is 24.1 Å². The molecule has 2 aromatic rings. The van der Waals surface area contributed by atoms with Gasteiger partial charge < -0.3 is 10.2 Å². The van der Waals surface area contributed by atoms with Gasteiger partial charge >= 0.3 is 0 Å². The predicted molar refractivity (Wildman–Crippen MR) is 80.6 cm³/mol. The van der Waals surface area contributed by atoms with Gasteiger partial charge in [0, 0.05) is 19.6 Å². The van der Waals surface area contributed by atoms with Crippen LogP contribution in [-0.4, -0.2) is 34.8 Å². The number of aliphatic hydroxyl groups is 1. The van der Waals surface area contributed by atoms with E-state index in [-0.39, 0.29) is 18.2 Å². The first-order valence-electron chi connectivity index (χ1n) is 7.03. The largest absolute Gasteiger partial charge is 0.508 e. The van der Waals surface area contributed by atoms with Gasteiger partial charge in [-0.05, 0) is 41.8 Å². The maximum atomic E-state index is 12.9. The molecule has 3 nitrogen and oxygen atoms in total. The van der Waals surface area contributed by atoms with Gasteiger partial charge in [0.25, 0.3) is 0 Å². The van der Waals surface area contributed by atoms with Crippen LogP contribution in [0.3, 0.4) is 0 Å². The van der Waals surface area contributed by atoms with Crippen LogP contribution in [0.15, 0.2) is 48.5 Å². The molecule has 0 saturated carbocycles. The Kier molecular flexibility index (Phi) is 5.72. The van der Waals surface area contributed by atoms with Crippen molar-refractivity contribution in [2.45, 2.75) is 13.0 Å². The SMILES string of the molecule is OCCN(CCc1ccc(O)cc1)Cc1ccc(F)cc1. The fourth-order valence-electron chi connectivity index (χ4n) is 2.21. The van der Waals surface area contributed by atoms with Crippen LogP contribution in [0.5, 0.6) is 5.75 Å². The van der Waals surface area contributed by atoms with Crippen molar-refractivity contribution in [1.82, 2.24) is 4.90 Å². The Bertz CT molecular complexity index is 540. The van der Waals surface area contributed by atoms with Crippen LogP contribution < -0.4 is 0 Å². The second-order valence-corrected chi connectivity index (χ2v) is 5.04. The molecular formula is C17H20FNO2. The zero-order valence-electron chi connectivity index (χ0n) is 11.9. The number of aromatic hydroxyl groups is 1. The first-order chi connectivity index (χ1) is 10.2. The third-order valence-corrected chi connectivity index (χ3v) is 3.39. The van der Waals surface area contributed by atoms with Crippen LogP contribution in [0.2, 0.25) is 0 Å². The molecule has 112 valence electrons. The Labute approximate surface area is 124 Å². The van der Waals surface area contributed by atoms with Gasteiger partial charge in [0.2, 0.25) is 0 Å². The molecule has 0 fully saturated rings. The van der Waals surface area contributed by atoms with E-state index in [0.29, 0.717) is 13.1 Å². The fourth-order valence-corrected chi connectivity index (χ4v) is 2.21. The normalized spacial score (nSPS) is 11.0. The van der Waals surface area contributed by atoms with Gasteiger partial charge in [-0.2, -0.15) is 0 Å². The maximum absolute atomic E-state index is 12.9. The number of phenolic OH excluding ortho intramolecular Hbond substituents is 1. The summed E-state index contributed by atoms with van der Waals surface area (Å²) in [5.41, 5.74) is 2.16. The van der Waals surface area contributed by atoms with Crippen LogP contribution in [0.1, 0.15) is 11.1 Å². The minimum atomic E-state index is -0.239. The topological polar surface area (TPSA) is 43.7 Å². The number of aliphatic hydroxyl groups excluding tert-OH is 1. The van der Waals surface area contributed by atoms with Gasteiger partial charge in [0.15, 0.2) is 0 Å². The smallest absolute Gasteiger partial charge is 0.123 e. The molecule has 0 heterocycles. The van der Waals surface area contributed by atoms with Gasteiger partial charge in [-0.1, -0.05) is 24.3 Å². The molecule has 2 N–H and O–H groups in total. The standard InChI is InChI=1S/C17H20FNO2/c18-16-5-1-15(2-6-16)13-19(11-12-20)10-9-14-3-7-17(21)8-4-14/h1-8,20-21H,9-13H2. The third kappa shape index (κ3) is 5.17. The Morgan fingerprint density at radius 1 is 0.857 bits per heavy atom. The summed E-state index contributed by atoms with van der Waals surface area (Å²) in [6.45, 7) is 2.15. The predicted octanol–water partition coefficient (Wildman–Crippen LogP) is 2.57. The summed E-state index contributed by atoms with van der Waals surface area (Å²) in [6, 6.07) is 13.6. The molecule has 0 aromatic heterocycles. The number of hydrogen-bond donors (Lipinski definition) is 2. The highest BCUT2D eigenvalue weighted by Gasteiger charge is 2.06. The van der Waals surface area contributed by atoms with E-state index < -0.39 is 0 Å². The van der Waals surface area contributed by atoms with Crippen molar-refractivity contribution in [3.8, 4) is 5.75 Å². The molecule has 0 bridgehead atoms. The van der Waals surface area contributed by atoms with Crippen LogP contribution in [0.25, 0.3) is 0 Å². The minimum Gasteiger partial charge on any atom is -0.508 e. The highest BCUT2D eigenvalue weighted by molar-refractivity contribution is 5.26. The van der Waals surface area contributed by atoms with E-state index in [2.05, 4.69) is 4.90 Å². The van der Waals surface area contributed by atoms with E-state index in [1.54, 1.807) is 24.3 Å². The number of phenols is 1. The van der Waals surface area contributed by atoms with Gasteiger partial charge in [-0.3, -0.25) is 4.90 Å². The van der Waals surface area contributed by atoms with Crippen molar-refractivity contribution in [2.24, 2.45) is 0 Å². The lowest BCUT2D eigenvalue weighted by molar-refractivity contribution is 0.191. The highest BCUT2D eigenvalue weighted by Crippen LogP contribution is 2.12. The number of rotatable bonds is 7. The zero-order chi connectivity index (χ0) is 15.1. The zero-order valence-corrected chi connectivity index (χ0v) is 11.9. The van der Waals surface area contributed by atoms with Crippen molar-refractivity contribution in [2.75, 3.05) is 19.7 Å². The van der Waals surface area contributed by atoms with Crippen LogP contribution >= 0.6 is 0 Å². The van der Waals surface area contributed by atoms with Crippen LogP contribution in [0.4, 0.5) is 4.39 Å². The molecule has 0 aliphatic carbocycles. The van der Waals surface area contributed by atoms with E-state index in [1.165, 1.54) is 12.1 Å². The van der Waals surface area contributed by atoms with E-state index in [9.17, 15) is 9.50 Å². The lowest BCUT2D eigenvalue weighted by atomic mass is 10.1. The third-order valence-electron chi connectivity index (χ3n) is 3.39. The number of benzene rings is 2. The number of hydrogen-bond acceptors (Lipinski definition) is 3. The average Bonchev–Trinajstić information content (AvgIpc) is 2.49. The average molecular weight is 289 g/mol. The molecule has 0 spiro atoms. The number of nitrogens with zero attached hydrogens (tertiary/aromatic N) is 1. The lowest BCUT2D eigenvalue weighted by Gasteiger charge is -2.21. The van der Waals surface area contributed by atoms with Crippen molar-refractivity contribution in [1.29, 1.82) is 0 Å². The Morgan fingerprint density at radius 3 is 2.10 bits per heavy atom. The van der Waals surface area contributed by atoms with E-state index in [1.807, 2.05) is 12.1 Å². The van der Waals surface area contributed by atoms with Gasteiger partial charge in [-0.25, -0.2) is 4.39 Å². The molecule has 0 amide bonds. The molecule has 0 aliphatic rings. The molecule has 21 heavy (non-hydrogen) atoms. The number of halogens is 1. The summed E-state index contributed by atoms with van der Waals surface area (Å²) in [6.07, 6.45) is 0.835.